The van der Waals surface area contributed by atoms with E-state index < -0.39 is 0 Å². The van der Waals surface area contributed by atoms with Crippen molar-refractivity contribution in [3.63, 3.8) is 0 Å². The van der Waals surface area contributed by atoms with Gasteiger partial charge in [0, 0.05) is 24.3 Å². The van der Waals surface area contributed by atoms with Crippen molar-refractivity contribution < 1.29 is 4.79 Å². The Morgan fingerprint density at radius 2 is 1.61 bits per heavy atom. The number of aryl methyl sites for hydroxylation is 1. The molecule has 0 amide bonds. The van der Waals surface area contributed by atoms with Crippen LogP contribution in [0.3, 0.4) is 0 Å². The second-order valence-corrected chi connectivity index (χ2v) is 6.46. The molecule has 0 bridgehead atoms. The first-order valence-electron chi connectivity index (χ1n) is 8.62. The molecule has 0 aliphatic carbocycles. The van der Waals surface area contributed by atoms with E-state index in [0.29, 0.717) is 5.92 Å². The predicted molar refractivity (Wildman–Crippen MR) is 96.5 cm³/mol. The van der Waals surface area contributed by atoms with Crippen LogP contribution in [-0.2, 0) is 6.42 Å². The molecule has 0 N–H and O–H groups in total. The van der Waals surface area contributed by atoms with Gasteiger partial charge in [0.1, 0.15) is 0 Å². The number of hydrogen-bond donors (Lipinski definition) is 0. The fourth-order valence-corrected chi connectivity index (χ4v) is 3.40. The first kappa shape index (κ1) is 15.8. The molecule has 2 aromatic rings. The van der Waals surface area contributed by atoms with E-state index >= 15 is 0 Å². The summed E-state index contributed by atoms with van der Waals surface area (Å²) in [6.45, 7) is 5.98. The number of carbonyl (C=O) groups is 1. The van der Waals surface area contributed by atoms with Gasteiger partial charge in [-0.25, -0.2) is 0 Å². The van der Waals surface area contributed by atoms with Crippen LogP contribution in [0.15, 0.2) is 48.5 Å². The van der Waals surface area contributed by atoms with E-state index in [4.69, 9.17) is 0 Å². The Morgan fingerprint density at radius 3 is 2.13 bits per heavy atom. The topological polar surface area (TPSA) is 20.3 Å². The lowest BCUT2D eigenvalue weighted by molar-refractivity contribution is 0.101. The van der Waals surface area contributed by atoms with Gasteiger partial charge in [-0.15, -0.1) is 0 Å². The summed E-state index contributed by atoms with van der Waals surface area (Å²) in [5, 5.41) is 0. The number of benzene rings is 2. The van der Waals surface area contributed by atoms with Gasteiger partial charge in [-0.05, 0) is 67.5 Å². The van der Waals surface area contributed by atoms with Crippen LogP contribution in [0, 0.1) is 0 Å². The van der Waals surface area contributed by atoms with Crippen molar-refractivity contribution in [2.24, 2.45) is 0 Å². The number of piperidine rings is 1. The van der Waals surface area contributed by atoms with Crippen molar-refractivity contribution in [3.8, 4) is 0 Å². The Labute approximate surface area is 139 Å². The zero-order valence-corrected chi connectivity index (χ0v) is 14.1. The van der Waals surface area contributed by atoms with E-state index in [0.717, 1.165) is 25.1 Å². The quantitative estimate of drug-likeness (QED) is 0.754. The van der Waals surface area contributed by atoms with Gasteiger partial charge in [0.2, 0.25) is 0 Å². The number of Topliss-reactive ketones (excluding diaryl/α,β-unsaturated/α-hetero) is 1. The van der Waals surface area contributed by atoms with Crippen LogP contribution in [0.5, 0.6) is 0 Å². The number of rotatable bonds is 4. The molecule has 0 unspecified atom stereocenters. The summed E-state index contributed by atoms with van der Waals surface area (Å²) >= 11 is 0. The molecule has 0 atom stereocenters. The number of anilines is 1. The van der Waals surface area contributed by atoms with Crippen LogP contribution in [0.4, 0.5) is 5.69 Å². The fraction of sp³-hybridized carbons (Fsp3) is 0.381. The smallest absolute Gasteiger partial charge is 0.159 e. The Balaban J connectivity index is 1.62. The van der Waals surface area contributed by atoms with Crippen LogP contribution in [-0.4, -0.2) is 18.9 Å². The van der Waals surface area contributed by atoms with Crippen molar-refractivity contribution in [2.75, 3.05) is 18.0 Å². The van der Waals surface area contributed by atoms with Gasteiger partial charge in [-0.2, -0.15) is 0 Å². The van der Waals surface area contributed by atoms with Crippen LogP contribution < -0.4 is 4.90 Å². The minimum Gasteiger partial charge on any atom is -0.371 e. The zero-order chi connectivity index (χ0) is 16.2. The highest BCUT2D eigenvalue weighted by Gasteiger charge is 2.20. The molecule has 2 aromatic carbocycles. The molecule has 2 nitrogen and oxygen atoms in total. The van der Waals surface area contributed by atoms with Gasteiger partial charge in [0.05, 0.1) is 0 Å². The van der Waals surface area contributed by atoms with E-state index in [1.807, 2.05) is 12.1 Å². The Hall–Kier alpha value is -2.09. The van der Waals surface area contributed by atoms with E-state index in [2.05, 4.69) is 48.2 Å². The van der Waals surface area contributed by atoms with Crippen molar-refractivity contribution in [2.45, 2.75) is 39.0 Å². The summed E-state index contributed by atoms with van der Waals surface area (Å²) in [4.78, 5) is 13.8. The summed E-state index contributed by atoms with van der Waals surface area (Å²) in [5.41, 5.74) is 4.92. The van der Waals surface area contributed by atoms with Crippen LogP contribution >= 0.6 is 0 Å². The highest BCUT2D eigenvalue weighted by Crippen LogP contribution is 2.30. The SMILES string of the molecule is CCc1ccc(C2CCN(c3ccc(C(C)=O)cc3)CC2)cc1. The lowest BCUT2D eigenvalue weighted by Crippen LogP contribution is -2.32. The largest absolute Gasteiger partial charge is 0.371 e. The molecule has 0 radical (unpaired) electrons. The Morgan fingerprint density at radius 1 is 1.00 bits per heavy atom. The van der Waals surface area contributed by atoms with Crippen LogP contribution in [0.25, 0.3) is 0 Å². The summed E-state index contributed by atoms with van der Waals surface area (Å²) < 4.78 is 0. The second kappa shape index (κ2) is 6.99. The van der Waals surface area contributed by atoms with E-state index in [-0.39, 0.29) is 5.78 Å². The molecular weight excluding hydrogens is 282 g/mol. The number of hydrogen-bond acceptors (Lipinski definition) is 2. The van der Waals surface area contributed by atoms with Crippen LogP contribution in [0.2, 0.25) is 0 Å². The summed E-state index contributed by atoms with van der Waals surface area (Å²) in [5.74, 6) is 0.805. The normalized spacial score (nSPS) is 15.7. The average molecular weight is 307 g/mol. The molecule has 1 aliphatic heterocycles. The first-order valence-corrected chi connectivity index (χ1v) is 8.62. The number of nitrogens with zero attached hydrogens (tertiary/aromatic N) is 1. The highest BCUT2D eigenvalue weighted by molar-refractivity contribution is 5.94. The molecule has 1 heterocycles. The molecular formula is C21H25NO. The van der Waals surface area contributed by atoms with E-state index in [1.54, 1.807) is 6.92 Å². The molecule has 1 fully saturated rings. The maximum atomic E-state index is 11.4. The molecule has 2 heteroatoms. The highest BCUT2D eigenvalue weighted by atomic mass is 16.1. The third-order valence-corrected chi connectivity index (χ3v) is 4.99. The Kier molecular flexibility index (Phi) is 4.80. The van der Waals surface area contributed by atoms with Gasteiger partial charge < -0.3 is 4.90 Å². The van der Waals surface area contributed by atoms with Crippen molar-refractivity contribution in [1.29, 1.82) is 0 Å². The zero-order valence-electron chi connectivity index (χ0n) is 14.1. The molecule has 0 spiro atoms. The lowest BCUT2D eigenvalue weighted by atomic mass is 9.88. The van der Waals surface area contributed by atoms with Gasteiger partial charge >= 0.3 is 0 Å². The molecule has 23 heavy (non-hydrogen) atoms. The van der Waals surface area contributed by atoms with Crippen LogP contribution in [0.1, 0.15) is 54.1 Å². The third-order valence-electron chi connectivity index (χ3n) is 4.99. The minimum absolute atomic E-state index is 0.130. The van der Waals surface area contributed by atoms with Crippen molar-refractivity contribution >= 4 is 11.5 Å². The maximum Gasteiger partial charge on any atom is 0.159 e. The standard InChI is InChI=1S/C21H25NO/c1-3-17-4-6-19(7-5-17)20-12-14-22(15-13-20)21-10-8-18(9-11-21)16(2)23/h4-11,20H,3,12-15H2,1-2H3. The summed E-state index contributed by atoms with van der Waals surface area (Å²) in [6.07, 6.45) is 3.49. The van der Waals surface area contributed by atoms with Crippen molar-refractivity contribution in [1.82, 2.24) is 0 Å². The number of ketones is 1. The number of carbonyl (C=O) groups excluding carboxylic acids is 1. The van der Waals surface area contributed by atoms with Crippen molar-refractivity contribution in [3.05, 3.63) is 65.2 Å². The van der Waals surface area contributed by atoms with Gasteiger partial charge in [0.25, 0.3) is 0 Å². The first-order chi connectivity index (χ1) is 11.2. The molecule has 1 aliphatic rings. The fourth-order valence-electron chi connectivity index (χ4n) is 3.40. The average Bonchev–Trinajstić information content (AvgIpc) is 2.62. The van der Waals surface area contributed by atoms with Gasteiger partial charge in [-0.1, -0.05) is 31.2 Å². The molecule has 3 rings (SSSR count). The van der Waals surface area contributed by atoms with E-state index in [9.17, 15) is 4.79 Å². The third kappa shape index (κ3) is 3.64. The van der Waals surface area contributed by atoms with Gasteiger partial charge in [-0.3, -0.25) is 4.79 Å². The predicted octanol–water partition coefficient (Wildman–Crippen LogP) is 4.84. The summed E-state index contributed by atoms with van der Waals surface area (Å²) in [6, 6.07) is 17.2. The van der Waals surface area contributed by atoms with Gasteiger partial charge in [0.15, 0.2) is 5.78 Å². The summed E-state index contributed by atoms with van der Waals surface area (Å²) in [7, 11) is 0. The molecule has 0 saturated carbocycles. The molecule has 120 valence electrons. The maximum absolute atomic E-state index is 11.4. The minimum atomic E-state index is 0.130. The second-order valence-electron chi connectivity index (χ2n) is 6.46. The molecule has 1 saturated heterocycles. The Bertz CT molecular complexity index is 649. The lowest BCUT2D eigenvalue weighted by Gasteiger charge is -2.34. The monoisotopic (exact) mass is 307 g/mol. The van der Waals surface area contributed by atoms with E-state index in [1.165, 1.54) is 29.7 Å². The molecule has 0 aromatic heterocycles.